The second-order valence-electron chi connectivity index (χ2n) is 3.46. The van der Waals surface area contributed by atoms with E-state index in [1.807, 2.05) is 0 Å². The summed E-state index contributed by atoms with van der Waals surface area (Å²) >= 11 is 0. The highest BCUT2D eigenvalue weighted by Crippen LogP contribution is 2.28. The van der Waals surface area contributed by atoms with Crippen LogP contribution in [-0.4, -0.2) is 30.3 Å². The number of nitrogens with zero attached hydrogens (tertiary/aromatic N) is 1. The zero-order chi connectivity index (χ0) is 13.7. The predicted octanol–water partition coefficient (Wildman–Crippen LogP) is 0.922. The average Bonchev–Trinajstić information content (AvgIpc) is 2.35. The van der Waals surface area contributed by atoms with Crippen LogP contribution < -0.4 is 10.1 Å². The number of rotatable bonds is 5. The van der Waals surface area contributed by atoms with Gasteiger partial charge in [0.05, 0.1) is 4.92 Å². The molecule has 0 aliphatic rings. The Kier molecular flexibility index (Phi) is 4.36. The Morgan fingerprint density at radius 1 is 1.44 bits per heavy atom. The number of ether oxygens (including phenoxy) is 1. The summed E-state index contributed by atoms with van der Waals surface area (Å²) in [4.78, 5) is 32.3. The zero-order valence-electron chi connectivity index (χ0n) is 9.93. The molecule has 1 N–H and O–H groups in total. The molecule has 7 nitrogen and oxygen atoms in total. The molecule has 1 aromatic carbocycles. The molecule has 0 atom stereocenters. The monoisotopic (exact) mass is 252 g/mol. The number of carbonyl (C=O) groups is 2. The number of ketones is 1. The molecule has 0 heterocycles. The summed E-state index contributed by atoms with van der Waals surface area (Å²) < 4.78 is 5.02. The Morgan fingerprint density at radius 2 is 2.11 bits per heavy atom. The number of carbonyl (C=O) groups excluding carboxylic acids is 2. The van der Waals surface area contributed by atoms with Gasteiger partial charge in [0.15, 0.2) is 18.1 Å². The first-order valence-electron chi connectivity index (χ1n) is 5.08. The Balaban J connectivity index is 3.00. The number of benzene rings is 1. The SMILES string of the molecule is CNC(=O)COc1ccc(C(C)=O)cc1[N+](=O)[O-]. The molecule has 0 radical (unpaired) electrons. The number of hydrogen-bond donors (Lipinski definition) is 1. The first kappa shape index (κ1) is 13.6. The van der Waals surface area contributed by atoms with Crippen molar-refractivity contribution in [1.82, 2.24) is 5.32 Å². The lowest BCUT2D eigenvalue weighted by Gasteiger charge is -2.06. The van der Waals surface area contributed by atoms with Crippen LogP contribution in [0.25, 0.3) is 0 Å². The van der Waals surface area contributed by atoms with Gasteiger partial charge < -0.3 is 10.1 Å². The second kappa shape index (κ2) is 5.76. The Labute approximate surface area is 103 Å². The first-order chi connectivity index (χ1) is 8.45. The number of amides is 1. The summed E-state index contributed by atoms with van der Waals surface area (Å²) in [6.45, 7) is 0.987. The van der Waals surface area contributed by atoms with Crippen LogP contribution >= 0.6 is 0 Å². The minimum atomic E-state index is -0.661. The summed E-state index contributed by atoms with van der Waals surface area (Å²) in [5.74, 6) is -0.732. The molecule has 0 fully saturated rings. The molecule has 0 aromatic heterocycles. The van der Waals surface area contributed by atoms with Crippen molar-refractivity contribution in [3.05, 3.63) is 33.9 Å². The minimum absolute atomic E-state index is 0.0476. The molecule has 18 heavy (non-hydrogen) atoms. The van der Waals surface area contributed by atoms with Crippen molar-refractivity contribution in [1.29, 1.82) is 0 Å². The van der Waals surface area contributed by atoms with E-state index in [0.29, 0.717) is 0 Å². The summed E-state index contributed by atoms with van der Waals surface area (Å²) in [5, 5.41) is 13.2. The normalized spacial score (nSPS) is 9.67. The van der Waals surface area contributed by atoms with Gasteiger partial charge in [-0.1, -0.05) is 0 Å². The third-order valence-electron chi connectivity index (χ3n) is 2.20. The van der Waals surface area contributed by atoms with Gasteiger partial charge in [0.1, 0.15) is 0 Å². The molecular formula is C11H12N2O5. The lowest BCUT2D eigenvalue weighted by molar-refractivity contribution is -0.385. The summed E-state index contributed by atoms with van der Waals surface area (Å²) in [6.07, 6.45) is 0. The topological polar surface area (TPSA) is 98.5 Å². The van der Waals surface area contributed by atoms with Crippen LogP contribution in [0.4, 0.5) is 5.69 Å². The van der Waals surface area contributed by atoms with Crippen molar-refractivity contribution < 1.29 is 19.2 Å². The van der Waals surface area contributed by atoms with E-state index in [1.165, 1.54) is 26.1 Å². The molecule has 0 bridgehead atoms. The van der Waals surface area contributed by atoms with Crippen LogP contribution in [0.1, 0.15) is 17.3 Å². The fourth-order valence-corrected chi connectivity index (χ4v) is 1.22. The van der Waals surface area contributed by atoms with E-state index < -0.39 is 10.8 Å². The molecule has 7 heteroatoms. The molecule has 0 saturated carbocycles. The van der Waals surface area contributed by atoms with Crippen molar-refractivity contribution in [3.8, 4) is 5.75 Å². The van der Waals surface area contributed by atoms with Crippen molar-refractivity contribution in [3.63, 3.8) is 0 Å². The molecule has 96 valence electrons. The van der Waals surface area contributed by atoms with Crippen LogP contribution in [0.15, 0.2) is 18.2 Å². The molecule has 1 rings (SSSR count). The number of nitro groups is 1. The highest BCUT2D eigenvalue weighted by Gasteiger charge is 2.18. The van der Waals surface area contributed by atoms with Crippen LogP contribution in [-0.2, 0) is 4.79 Å². The minimum Gasteiger partial charge on any atom is -0.477 e. The second-order valence-corrected chi connectivity index (χ2v) is 3.46. The van der Waals surface area contributed by atoms with Crippen molar-refractivity contribution in [2.45, 2.75) is 6.92 Å². The van der Waals surface area contributed by atoms with E-state index in [2.05, 4.69) is 5.32 Å². The van der Waals surface area contributed by atoms with Crippen LogP contribution in [0.5, 0.6) is 5.75 Å². The lowest BCUT2D eigenvalue weighted by Crippen LogP contribution is -2.25. The Bertz CT molecular complexity index is 498. The Morgan fingerprint density at radius 3 is 2.61 bits per heavy atom. The number of nitrogens with one attached hydrogen (secondary N) is 1. The van der Waals surface area contributed by atoms with Gasteiger partial charge in [0.2, 0.25) is 0 Å². The largest absolute Gasteiger partial charge is 0.477 e. The quantitative estimate of drug-likeness (QED) is 0.477. The molecule has 0 saturated heterocycles. The Hall–Kier alpha value is -2.44. The number of Topliss-reactive ketones (excluding diaryl/α,β-unsaturated/α-hetero) is 1. The summed E-state index contributed by atoms with van der Waals surface area (Å²) in [7, 11) is 1.43. The van der Waals surface area contributed by atoms with Crippen LogP contribution in [0.2, 0.25) is 0 Å². The fourth-order valence-electron chi connectivity index (χ4n) is 1.22. The smallest absolute Gasteiger partial charge is 0.311 e. The molecule has 0 aliphatic carbocycles. The standard InChI is InChI=1S/C11H12N2O5/c1-7(14)8-3-4-10(9(5-8)13(16)17)18-6-11(15)12-2/h3-5H,6H2,1-2H3,(H,12,15). The van der Waals surface area contributed by atoms with E-state index in [4.69, 9.17) is 4.74 Å². The lowest BCUT2D eigenvalue weighted by atomic mass is 10.1. The fraction of sp³-hybridized carbons (Fsp3) is 0.273. The van der Waals surface area contributed by atoms with E-state index in [1.54, 1.807) is 0 Å². The maximum absolute atomic E-state index is 11.1. The predicted molar refractivity (Wildman–Crippen MR) is 62.7 cm³/mol. The molecular weight excluding hydrogens is 240 g/mol. The summed E-state index contributed by atoms with van der Waals surface area (Å²) in [5.41, 5.74) is -0.124. The van der Waals surface area contributed by atoms with Gasteiger partial charge in [-0.3, -0.25) is 19.7 Å². The van der Waals surface area contributed by atoms with Crippen molar-refractivity contribution in [2.24, 2.45) is 0 Å². The molecule has 1 aromatic rings. The highest BCUT2D eigenvalue weighted by molar-refractivity contribution is 5.95. The van der Waals surface area contributed by atoms with Gasteiger partial charge in [-0.05, 0) is 19.1 Å². The van der Waals surface area contributed by atoms with Crippen molar-refractivity contribution in [2.75, 3.05) is 13.7 Å². The molecule has 1 amide bonds. The number of hydrogen-bond acceptors (Lipinski definition) is 5. The highest BCUT2D eigenvalue weighted by atomic mass is 16.6. The summed E-state index contributed by atoms with van der Waals surface area (Å²) in [6, 6.07) is 3.84. The van der Waals surface area contributed by atoms with Gasteiger partial charge in [-0.2, -0.15) is 0 Å². The first-order valence-corrected chi connectivity index (χ1v) is 5.08. The van der Waals surface area contributed by atoms with E-state index >= 15 is 0 Å². The van der Waals surface area contributed by atoms with Crippen LogP contribution in [0.3, 0.4) is 0 Å². The molecule has 0 unspecified atom stereocenters. The maximum Gasteiger partial charge on any atom is 0.311 e. The average molecular weight is 252 g/mol. The molecule has 0 spiro atoms. The zero-order valence-corrected chi connectivity index (χ0v) is 9.93. The van der Waals surface area contributed by atoms with Gasteiger partial charge in [0.25, 0.3) is 5.91 Å². The van der Waals surface area contributed by atoms with Crippen LogP contribution in [0, 0.1) is 10.1 Å². The molecule has 0 aliphatic heterocycles. The van der Waals surface area contributed by atoms with Crippen molar-refractivity contribution >= 4 is 17.4 Å². The van der Waals surface area contributed by atoms with E-state index in [9.17, 15) is 19.7 Å². The number of nitro benzene ring substituents is 1. The third-order valence-corrected chi connectivity index (χ3v) is 2.20. The number of likely N-dealkylation sites (N-methyl/N-ethyl adjacent to an activating group) is 1. The van der Waals surface area contributed by atoms with Gasteiger partial charge in [0, 0.05) is 18.7 Å². The van der Waals surface area contributed by atoms with Gasteiger partial charge >= 0.3 is 5.69 Å². The van der Waals surface area contributed by atoms with E-state index in [0.717, 1.165) is 6.07 Å². The maximum atomic E-state index is 11.1. The van der Waals surface area contributed by atoms with Gasteiger partial charge in [-0.25, -0.2) is 0 Å². The van der Waals surface area contributed by atoms with E-state index in [-0.39, 0.29) is 29.4 Å². The third kappa shape index (κ3) is 3.27. The van der Waals surface area contributed by atoms with Gasteiger partial charge in [-0.15, -0.1) is 0 Å².